The van der Waals surface area contributed by atoms with E-state index in [1.807, 2.05) is 6.07 Å². The van der Waals surface area contributed by atoms with Gasteiger partial charge in [-0.2, -0.15) is 0 Å². The summed E-state index contributed by atoms with van der Waals surface area (Å²) in [5.74, 6) is 1.91. The molecule has 1 fully saturated rings. The lowest BCUT2D eigenvalue weighted by molar-refractivity contribution is 0.184. The molecule has 1 aromatic rings. The van der Waals surface area contributed by atoms with E-state index in [2.05, 4.69) is 19.2 Å². The van der Waals surface area contributed by atoms with E-state index in [1.54, 1.807) is 0 Å². The van der Waals surface area contributed by atoms with Crippen molar-refractivity contribution in [2.24, 2.45) is 17.8 Å². The van der Waals surface area contributed by atoms with Crippen LogP contribution in [0, 0.1) is 23.6 Å². The molecule has 1 aliphatic rings. The van der Waals surface area contributed by atoms with Gasteiger partial charge in [0.25, 0.3) is 0 Å². The minimum atomic E-state index is -0.248. The van der Waals surface area contributed by atoms with Crippen molar-refractivity contribution >= 4 is 11.6 Å². The number of benzene rings is 1. The van der Waals surface area contributed by atoms with E-state index < -0.39 is 0 Å². The number of hydrogen-bond acceptors (Lipinski definition) is 1. The minimum Gasteiger partial charge on any atom is -0.316 e. The normalized spacial score (nSPS) is 26.0. The maximum Gasteiger partial charge on any atom is 0.124 e. The van der Waals surface area contributed by atoms with Crippen LogP contribution in [-0.4, -0.2) is 13.1 Å². The number of hydrogen-bond donors (Lipinski definition) is 1. The van der Waals surface area contributed by atoms with Crippen LogP contribution in [0.3, 0.4) is 0 Å². The molecule has 3 unspecified atom stereocenters. The van der Waals surface area contributed by atoms with Gasteiger partial charge in [0, 0.05) is 5.02 Å². The molecule has 3 atom stereocenters. The van der Waals surface area contributed by atoms with Crippen LogP contribution in [-0.2, 0) is 6.42 Å². The molecule has 1 aromatic carbocycles. The van der Waals surface area contributed by atoms with Crippen LogP contribution in [0.2, 0.25) is 5.02 Å². The summed E-state index contributed by atoms with van der Waals surface area (Å²) in [6, 6.07) is 4.82. The molecule has 0 bridgehead atoms. The lowest BCUT2D eigenvalue weighted by Crippen LogP contribution is -2.34. The largest absolute Gasteiger partial charge is 0.316 e. The predicted molar refractivity (Wildman–Crippen MR) is 88.3 cm³/mol. The van der Waals surface area contributed by atoms with Crippen LogP contribution in [0.5, 0.6) is 0 Å². The monoisotopic (exact) mass is 311 g/mol. The third-order valence-electron chi connectivity index (χ3n) is 4.73. The third-order valence-corrected chi connectivity index (χ3v) is 5.08. The van der Waals surface area contributed by atoms with Gasteiger partial charge >= 0.3 is 0 Å². The molecule has 21 heavy (non-hydrogen) atoms. The smallest absolute Gasteiger partial charge is 0.124 e. The van der Waals surface area contributed by atoms with E-state index in [0.29, 0.717) is 16.9 Å². The molecule has 2 rings (SSSR count). The van der Waals surface area contributed by atoms with Crippen molar-refractivity contribution in [1.82, 2.24) is 5.32 Å². The Morgan fingerprint density at radius 2 is 2.10 bits per heavy atom. The molecule has 0 spiro atoms. The molecule has 0 radical (unpaired) electrons. The van der Waals surface area contributed by atoms with Crippen LogP contribution in [0.25, 0.3) is 0 Å². The van der Waals surface area contributed by atoms with Gasteiger partial charge in [0.15, 0.2) is 0 Å². The highest BCUT2D eigenvalue weighted by Gasteiger charge is 2.28. The summed E-state index contributed by atoms with van der Waals surface area (Å²) < 4.78 is 13.2. The minimum absolute atomic E-state index is 0.248. The van der Waals surface area contributed by atoms with E-state index >= 15 is 0 Å². The molecule has 118 valence electrons. The van der Waals surface area contributed by atoms with Crippen molar-refractivity contribution < 1.29 is 4.39 Å². The first-order valence-corrected chi connectivity index (χ1v) is 8.62. The second-order valence-corrected chi connectivity index (χ2v) is 6.99. The average Bonchev–Trinajstić information content (AvgIpc) is 2.44. The Morgan fingerprint density at radius 1 is 1.29 bits per heavy atom. The van der Waals surface area contributed by atoms with E-state index in [9.17, 15) is 4.39 Å². The molecule has 0 saturated heterocycles. The van der Waals surface area contributed by atoms with Crippen molar-refractivity contribution in [2.75, 3.05) is 13.1 Å². The standard InChI is InChI=1S/C18H27ClFN/c1-3-8-21-12-15-5-4-13(2)9-16(15)10-14-6-7-17(20)11-18(14)19/h6-7,11,13,15-16,21H,3-5,8-10,12H2,1-2H3. The van der Waals surface area contributed by atoms with Crippen LogP contribution >= 0.6 is 11.6 Å². The molecule has 1 N–H and O–H groups in total. The molecule has 1 aliphatic carbocycles. The van der Waals surface area contributed by atoms with Crippen LogP contribution in [0.1, 0.15) is 45.1 Å². The first kappa shape index (κ1) is 16.8. The summed E-state index contributed by atoms with van der Waals surface area (Å²) in [4.78, 5) is 0. The Labute approximate surface area is 133 Å². The van der Waals surface area contributed by atoms with E-state index in [4.69, 9.17) is 11.6 Å². The van der Waals surface area contributed by atoms with Gasteiger partial charge in [-0.3, -0.25) is 0 Å². The quantitative estimate of drug-likeness (QED) is 0.723. The maximum atomic E-state index is 13.2. The molecular formula is C18H27ClFN. The zero-order chi connectivity index (χ0) is 15.2. The summed E-state index contributed by atoms with van der Waals surface area (Å²) in [6.45, 7) is 6.74. The highest BCUT2D eigenvalue weighted by atomic mass is 35.5. The number of halogens is 2. The number of rotatable bonds is 6. The van der Waals surface area contributed by atoms with Crippen LogP contribution in [0.4, 0.5) is 4.39 Å². The topological polar surface area (TPSA) is 12.0 Å². The third kappa shape index (κ3) is 4.96. The summed E-state index contributed by atoms with van der Waals surface area (Å²) in [5, 5.41) is 4.14. The molecule has 1 saturated carbocycles. The second kappa shape index (κ2) is 8.14. The van der Waals surface area contributed by atoms with Crippen molar-refractivity contribution in [3.63, 3.8) is 0 Å². The molecule has 0 amide bonds. The van der Waals surface area contributed by atoms with E-state index in [-0.39, 0.29) is 5.82 Å². The first-order chi connectivity index (χ1) is 10.1. The highest BCUT2D eigenvalue weighted by Crippen LogP contribution is 2.36. The molecular weight excluding hydrogens is 285 g/mol. The Kier molecular flexibility index (Phi) is 6.50. The highest BCUT2D eigenvalue weighted by molar-refractivity contribution is 6.31. The van der Waals surface area contributed by atoms with Gasteiger partial charge in [-0.05, 0) is 74.2 Å². The Bertz CT molecular complexity index is 449. The average molecular weight is 312 g/mol. The predicted octanol–water partition coefficient (Wildman–Crippen LogP) is 5.07. The van der Waals surface area contributed by atoms with Crippen molar-refractivity contribution in [3.05, 3.63) is 34.6 Å². The van der Waals surface area contributed by atoms with E-state index in [0.717, 1.165) is 31.0 Å². The SMILES string of the molecule is CCCNCC1CCC(C)CC1Cc1ccc(F)cc1Cl. The summed E-state index contributed by atoms with van der Waals surface area (Å²) >= 11 is 6.20. The summed E-state index contributed by atoms with van der Waals surface area (Å²) in [7, 11) is 0. The first-order valence-electron chi connectivity index (χ1n) is 8.24. The second-order valence-electron chi connectivity index (χ2n) is 6.58. The molecule has 0 aliphatic heterocycles. The zero-order valence-corrected chi connectivity index (χ0v) is 13.9. The molecule has 0 heterocycles. The fourth-order valence-corrected chi connectivity index (χ4v) is 3.76. The van der Waals surface area contributed by atoms with E-state index in [1.165, 1.54) is 37.8 Å². The van der Waals surface area contributed by atoms with Gasteiger partial charge in [0.2, 0.25) is 0 Å². The van der Waals surface area contributed by atoms with Gasteiger partial charge in [-0.15, -0.1) is 0 Å². The lowest BCUT2D eigenvalue weighted by atomic mass is 9.72. The summed E-state index contributed by atoms with van der Waals surface area (Å²) in [6.07, 6.45) is 6.03. The molecule has 0 aromatic heterocycles. The zero-order valence-electron chi connectivity index (χ0n) is 13.2. The Hall–Kier alpha value is -0.600. The van der Waals surface area contributed by atoms with Crippen molar-refractivity contribution in [3.8, 4) is 0 Å². The maximum absolute atomic E-state index is 13.2. The number of nitrogens with one attached hydrogen (secondary N) is 1. The van der Waals surface area contributed by atoms with Crippen molar-refractivity contribution in [1.29, 1.82) is 0 Å². The molecule has 1 nitrogen and oxygen atoms in total. The Balaban J connectivity index is 2.01. The van der Waals surface area contributed by atoms with Crippen LogP contribution < -0.4 is 5.32 Å². The summed E-state index contributed by atoms with van der Waals surface area (Å²) in [5.41, 5.74) is 1.10. The fraction of sp³-hybridized carbons (Fsp3) is 0.667. The van der Waals surface area contributed by atoms with Crippen LogP contribution in [0.15, 0.2) is 18.2 Å². The van der Waals surface area contributed by atoms with Crippen molar-refractivity contribution in [2.45, 2.75) is 46.0 Å². The lowest BCUT2D eigenvalue weighted by Gasteiger charge is -2.35. The molecule has 3 heteroatoms. The van der Waals surface area contributed by atoms with Gasteiger partial charge < -0.3 is 5.32 Å². The van der Waals surface area contributed by atoms with Gasteiger partial charge in [-0.25, -0.2) is 4.39 Å². The fourth-order valence-electron chi connectivity index (χ4n) is 3.51. The Morgan fingerprint density at radius 3 is 2.81 bits per heavy atom. The van der Waals surface area contributed by atoms with Gasteiger partial charge in [0.05, 0.1) is 0 Å². The van der Waals surface area contributed by atoms with Gasteiger partial charge in [-0.1, -0.05) is 37.9 Å². The van der Waals surface area contributed by atoms with Gasteiger partial charge in [0.1, 0.15) is 5.82 Å².